The van der Waals surface area contributed by atoms with Gasteiger partial charge >= 0.3 is 11.9 Å². The number of carbonyl (C=O) groups is 2. The molecule has 5 nitrogen and oxygen atoms in total. The van der Waals surface area contributed by atoms with Gasteiger partial charge in [-0.1, -0.05) is 62.4 Å². The summed E-state index contributed by atoms with van der Waals surface area (Å²) in [5, 5.41) is 18.3. The summed E-state index contributed by atoms with van der Waals surface area (Å²) in [4.78, 5) is 22.3. The van der Waals surface area contributed by atoms with Crippen LogP contribution in [-0.4, -0.2) is 26.7 Å². The van der Waals surface area contributed by atoms with Crippen LogP contribution in [0.25, 0.3) is 16.8 Å². The van der Waals surface area contributed by atoms with E-state index in [1.807, 2.05) is 101 Å². The van der Waals surface area contributed by atoms with E-state index in [4.69, 9.17) is 5.11 Å². The van der Waals surface area contributed by atoms with E-state index in [1.165, 1.54) is 0 Å². The minimum Gasteiger partial charge on any atom is -0.478 e. The lowest BCUT2D eigenvalue weighted by Gasteiger charge is -2.12. The van der Waals surface area contributed by atoms with Crippen LogP contribution in [0.2, 0.25) is 0 Å². The Morgan fingerprint density at radius 1 is 0.600 bits per heavy atom. The van der Waals surface area contributed by atoms with Gasteiger partial charge in [0.2, 0.25) is 0 Å². The van der Waals surface area contributed by atoms with Crippen molar-refractivity contribution in [3.05, 3.63) is 113 Å². The summed E-state index contributed by atoms with van der Waals surface area (Å²) in [7, 11) is 0. The molecule has 3 aromatic carbocycles. The fourth-order valence-corrected chi connectivity index (χ4v) is 4.02. The highest BCUT2D eigenvalue weighted by atomic mass is 16.4. The molecule has 35 heavy (non-hydrogen) atoms. The van der Waals surface area contributed by atoms with Crippen LogP contribution in [0.5, 0.6) is 0 Å². The monoisotopic (exact) mass is 471 g/mol. The Morgan fingerprint density at radius 2 is 1.06 bits per heavy atom. The zero-order valence-electron chi connectivity index (χ0n) is 21.2. The molecule has 0 aliphatic carbocycles. The molecule has 0 aliphatic rings. The van der Waals surface area contributed by atoms with Gasteiger partial charge in [-0.2, -0.15) is 0 Å². The van der Waals surface area contributed by atoms with Gasteiger partial charge in [0.05, 0.1) is 16.8 Å². The zero-order valence-corrected chi connectivity index (χ0v) is 21.2. The highest BCUT2D eigenvalue weighted by Crippen LogP contribution is 2.30. The van der Waals surface area contributed by atoms with Gasteiger partial charge in [-0.05, 0) is 80.3 Å². The van der Waals surface area contributed by atoms with Crippen molar-refractivity contribution in [1.82, 2.24) is 4.57 Å². The molecule has 0 spiro atoms. The first-order valence-electron chi connectivity index (χ1n) is 11.6. The van der Waals surface area contributed by atoms with Gasteiger partial charge in [0.15, 0.2) is 0 Å². The standard InChI is InChI=1S/C15H14O2.C13H13NO2.C2H6/c1-10-6-5-7-11(2)14(10)12-8-3-4-9-13(12)15(16)17;1-9-7-8-10(2)14(9)12-6-4-3-5-11(12)13(15)16;1-2/h3-9H,1-2H3,(H,16,17);3-8H,1-2H3,(H,15,16);1-2H3. The van der Waals surface area contributed by atoms with E-state index in [9.17, 15) is 14.7 Å². The highest BCUT2D eigenvalue weighted by Gasteiger charge is 2.14. The fraction of sp³-hybridized carbons (Fsp3) is 0.200. The number of carboxylic acid groups (broad SMARTS) is 2. The van der Waals surface area contributed by atoms with Crippen molar-refractivity contribution in [3.63, 3.8) is 0 Å². The Morgan fingerprint density at radius 3 is 1.57 bits per heavy atom. The molecule has 4 rings (SSSR count). The van der Waals surface area contributed by atoms with E-state index >= 15 is 0 Å². The van der Waals surface area contributed by atoms with Crippen molar-refractivity contribution in [2.75, 3.05) is 0 Å². The van der Waals surface area contributed by atoms with Gasteiger partial charge in [0.1, 0.15) is 0 Å². The molecule has 0 amide bonds. The summed E-state index contributed by atoms with van der Waals surface area (Å²) < 4.78 is 1.95. The van der Waals surface area contributed by atoms with E-state index in [0.717, 1.165) is 39.3 Å². The first kappa shape index (κ1) is 27.1. The SMILES string of the molecule is CC.Cc1ccc(C)n1-c1ccccc1C(=O)O.Cc1cccc(C)c1-c1ccccc1C(=O)O. The smallest absolute Gasteiger partial charge is 0.337 e. The van der Waals surface area contributed by atoms with Crippen LogP contribution < -0.4 is 0 Å². The molecule has 0 aliphatic heterocycles. The number of nitrogens with zero attached hydrogens (tertiary/aromatic N) is 1. The number of benzene rings is 3. The highest BCUT2D eigenvalue weighted by molar-refractivity contribution is 5.97. The van der Waals surface area contributed by atoms with Crippen molar-refractivity contribution < 1.29 is 19.8 Å². The normalized spacial score (nSPS) is 9.89. The topological polar surface area (TPSA) is 79.5 Å². The molecule has 0 saturated carbocycles. The Hall–Kier alpha value is -4.12. The third-order valence-electron chi connectivity index (χ3n) is 5.55. The average molecular weight is 472 g/mol. The maximum Gasteiger partial charge on any atom is 0.337 e. The van der Waals surface area contributed by atoms with Crippen molar-refractivity contribution >= 4 is 11.9 Å². The Kier molecular flexibility index (Phi) is 9.59. The molecule has 2 N–H and O–H groups in total. The van der Waals surface area contributed by atoms with E-state index in [-0.39, 0.29) is 0 Å². The molecule has 182 valence electrons. The second-order valence-electron chi connectivity index (χ2n) is 7.89. The minimum atomic E-state index is -0.900. The van der Waals surface area contributed by atoms with Crippen LogP contribution >= 0.6 is 0 Å². The molecule has 0 unspecified atom stereocenters. The van der Waals surface area contributed by atoms with Crippen LogP contribution in [0.4, 0.5) is 0 Å². The summed E-state index contributed by atoms with van der Waals surface area (Å²) in [6.07, 6.45) is 0. The number of aromatic carboxylic acids is 2. The number of para-hydroxylation sites is 1. The fourth-order valence-electron chi connectivity index (χ4n) is 4.02. The summed E-state index contributed by atoms with van der Waals surface area (Å²) in [5.41, 5.74) is 7.46. The molecule has 0 bridgehead atoms. The van der Waals surface area contributed by atoms with E-state index in [0.29, 0.717) is 11.1 Å². The van der Waals surface area contributed by atoms with Crippen LogP contribution in [0.1, 0.15) is 57.1 Å². The average Bonchev–Trinajstić information content (AvgIpc) is 3.18. The van der Waals surface area contributed by atoms with E-state index in [2.05, 4.69) is 0 Å². The predicted octanol–water partition coefficient (Wildman–Crippen LogP) is 7.49. The van der Waals surface area contributed by atoms with E-state index < -0.39 is 11.9 Å². The molecular formula is C30H33NO4. The molecule has 0 atom stereocenters. The third-order valence-corrected chi connectivity index (χ3v) is 5.55. The predicted molar refractivity (Wildman–Crippen MR) is 142 cm³/mol. The van der Waals surface area contributed by atoms with Gasteiger partial charge in [0.25, 0.3) is 0 Å². The molecule has 0 fully saturated rings. The molecule has 5 heteroatoms. The first-order valence-corrected chi connectivity index (χ1v) is 11.6. The first-order chi connectivity index (χ1) is 16.7. The Bertz CT molecular complexity index is 1280. The summed E-state index contributed by atoms with van der Waals surface area (Å²) in [6, 6.07) is 24.1. The third kappa shape index (κ3) is 6.27. The van der Waals surface area contributed by atoms with Crippen LogP contribution in [-0.2, 0) is 0 Å². The lowest BCUT2D eigenvalue weighted by molar-refractivity contribution is 0.0686. The number of aryl methyl sites for hydroxylation is 4. The molecule has 0 radical (unpaired) electrons. The Balaban J connectivity index is 0.000000231. The van der Waals surface area contributed by atoms with Gasteiger partial charge < -0.3 is 14.8 Å². The molecular weight excluding hydrogens is 438 g/mol. The summed E-state index contributed by atoms with van der Waals surface area (Å²) in [5.74, 6) is -1.79. The molecule has 0 saturated heterocycles. The Labute approximate surface area is 207 Å². The van der Waals surface area contributed by atoms with Gasteiger partial charge in [-0.15, -0.1) is 0 Å². The molecule has 4 aromatic rings. The molecule has 1 aromatic heterocycles. The van der Waals surface area contributed by atoms with Gasteiger partial charge in [-0.25, -0.2) is 9.59 Å². The number of aromatic nitrogens is 1. The quantitative estimate of drug-likeness (QED) is 0.323. The lowest BCUT2D eigenvalue weighted by Crippen LogP contribution is -2.07. The number of hydrogen-bond donors (Lipinski definition) is 2. The van der Waals surface area contributed by atoms with Crippen molar-refractivity contribution in [2.24, 2.45) is 0 Å². The van der Waals surface area contributed by atoms with E-state index in [1.54, 1.807) is 24.3 Å². The largest absolute Gasteiger partial charge is 0.478 e. The van der Waals surface area contributed by atoms with Crippen molar-refractivity contribution in [3.8, 4) is 16.8 Å². The lowest BCUT2D eigenvalue weighted by atomic mass is 9.92. The second-order valence-corrected chi connectivity index (χ2v) is 7.89. The second kappa shape index (κ2) is 12.4. The van der Waals surface area contributed by atoms with Crippen LogP contribution in [0.3, 0.4) is 0 Å². The maximum atomic E-state index is 11.2. The van der Waals surface area contributed by atoms with Crippen molar-refractivity contribution in [1.29, 1.82) is 0 Å². The number of rotatable bonds is 4. The van der Waals surface area contributed by atoms with Gasteiger partial charge in [-0.3, -0.25) is 0 Å². The van der Waals surface area contributed by atoms with Crippen LogP contribution in [0.15, 0.2) is 78.9 Å². The zero-order chi connectivity index (χ0) is 26.1. The number of carboxylic acids is 2. The van der Waals surface area contributed by atoms with Crippen LogP contribution in [0, 0.1) is 27.7 Å². The van der Waals surface area contributed by atoms with Gasteiger partial charge in [0, 0.05) is 11.4 Å². The maximum absolute atomic E-state index is 11.2. The molecule has 1 heterocycles. The summed E-state index contributed by atoms with van der Waals surface area (Å²) in [6.45, 7) is 11.9. The number of hydrogen-bond acceptors (Lipinski definition) is 2. The minimum absolute atomic E-state index is 0.324. The summed E-state index contributed by atoms with van der Waals surface area (Å²) >= 11 is 0. The van der Waals surface area contributed by atoms with Crippen molar-refractivity contribution in [2.45, 2.75) is 41.5 Å².